The summed E-state index contributed by atoms with van der Waals surface area (Å²) in [6.07, 6.45) is 4.61. The fraction of sp³-hybridized carbons (Fsp3) is 0.435. The summed E-state index contributed by atoms with van der Waals surface area (Å²) in [6.45, 7) is 4.56. The van der Waals surface area contributed by atoms with Gasteiger partial charge >= 0.3 is 0 Å². The Morgan fingerprint density at radius 1 is 1.21 bits per heavy atom. The maximum atomic E-state index is 12.5. The monoisotopic (exact) mass is 392 g/mol. The summed E-state index contributed by atoms with van der Waals surface area (Å²) >= 11 is 0. The molecule has 0 bridgehead atoms. The summed E-state index contributed by atoms with van der Waals surface area (Å²) in [5.41, 5.74) is 4.10. The van der Waals surface area contributed by atoms with Gasteiger partial charge in [-0.3, -0.25) is 4.79 Å². The minimum Gasteiger partial charge on any atom is -0.466 e. The van der Waals surface area contributed by atoms with Gasteiger partial charge in [0.15, 0.2) is 12.3 Å². The van der Waals surface area contributed by atoms with Crippen molar-refractivity contribution in [2.45, 2.75) is 44.9 Å². The van der Waals surface area contributed by atoms with Crippen molar-refractivity contribution in [1.29, 1.82) is 0 Å². The molecule has 2 aromatic heterocycles. The van der Waals surface area contributed by atoms with Gasteiger partial charge in [-0.25, -0.2) is 9.67 Å². The summed E-state index contributed by atoms with van der Waals surface area (Å²) in [5, 5.41) is 8.38. The van der Waals surface area contributed by atoms with E-state index in [-0.39, 0.29) is 17.9 Å². The molecular formula is C23H28N4O2. The van der Waals surface area contributed by atoms with Crippen molar-refractivity contribution < 1.29 is 9.53 Å². The Kier molecular flexibility index (Phi) is 5.26. The molecule has 1 N–H and O–H groups in total. The zero-order valence-corrected chi connectivity index (χ0v) is 17.4. The van der Waals surface area contributed by atoms with Crippen molar-refractivity contribution in [3.05, 3.63) is 53.2 Å². The Bertz CT molecular complexity index is 1020. The maximum Gasteiger partial charge on any atom is 0.258 e. The van der Waals surface area contributed by atoms with Gasteiger partial charge in [0.05, 0.1) is 5.39 Å². The van der Waals surface area contributed by atoms with Crippen LogP contribution >= 0.6 is 0 Å². The minimum absolute atomic E-state index is 0.0344. The third-order valence-corrected chi connectivity index (χ3v) is 6.00. The minimum atomic E-state index is -0.122. The lowest BCUT2D eigenvalue weighted by Crippen LogP contribution is -2.40. The Labute approximate surface area is 171 Å². The summed E-state index contributed by atoms with van der Waals surface area (Å²) in [4.78, 5) is 17.1. The molecule has 0 aliphatic heterocycles. The highest BCUT2D eigenvalue weighted by Gasteiger charge is 2.35. The van der Waals surface area contributed by atoms with Crippen LogP contribution in [0.3, 0.4) is 0 Å². The summed E-state index contributed by atoms with van der Waals surface area (Å²) in [7, 11) is 1.84. The number of pyridine rings is 1. The van der Waals surface area contributed by atoms with E-state index in [1.807, 2.05) is 33.0 Å². The van der Waals surface area contributed by atoms with E-state index in [9.17, 15) is 4.79 Å². The number of ether oxygens (including phenoxy) is 1. The van der Waals surface area contributed by atoms with E-state index in [0.717, 1.165) is 35.1 Å². The fourth-order valence-electron chi connectivity index (χ4n) is 4.51. The van der Waals surface area contributed by atoms with Gasteiger partial charge in [-0.15, -0.1) is 5.10 Å². The zero-order chi connectivity index (χ0) is 20.4. The van der Waals surface area contributed by atoms with Gasteiger partial charge in [-0.2, -0.15) is 0 Å². The van der Waals surface area contributed by atoms with Gasteiger partial charge in [0.25, 0.3) is 5.91 Å². The maximum absolute atomic E-state index is 12.5. The molecule has 2 heterocycles. The van der Waals surface area contributed by atoms with Crippen molar-refractivity contribution in [1.82, 2.24) is 20.1 Å². The number of amides is 1. The van der Waals surface area contributed by atoms with E-state index >= 15 is 0 Å². The molecule has 0 atom stereocenters. The fourth-order valence-corrected chi connectivity index (χ4v) is 4.51. The number of benzene rings is 1. The molecule has 0 saturated heterocycles. The van der Waals surface area contributed by atoms with Crippen molar-refractivity contribution in [3.8, 4) is 5.88 Å². The Hall–Kier alpha value is -2.89. The lowest BCUT2D eigenvalue weighted by atomic mass is 9.79. The van der Waals surface area contributed by atoms with Crippen LogP contribution in [-0.2, 0) is 17.3 Å². The van der Waals surface area contributed by atoms with E-state index in [0.29, 0.717) is 12.4 Å². The Balaban J connectivity index is 1.43. The smallest absolute Gasteiger partial charge is 0.258 e. The number of rotatable bonds is 6. The van der Waals surface area contributed by atoms with E-state index in [4.69, 9.17) is 4.74 Å². The van der Waals surface area contributed by atoms with Crippen LogP contribution in [0.5, 0.6) is 5.88 Å². The number of aryl methyl sites for hydroxylation is 3. The second-order valence-electron chi connectivity index (χ2n) is 8.13. The molecular weight excluding hydrogens is 364 g/mol. The largest absolute Gasteiger partial charge is 0.466 e. The summed E-state index contributed by atoms with van der Waals surface area (Å²) in [5.74, 6) is 0.338. The van der Waals surface area contributed by atoms with E-state index in [1.165, 1.54) is 18.4 Å². The van der Waals surface area contributed by atoms with Gasteiger partial charge in [0.2, 0.25) is 5.88 Å². The Morgan fingerprint density at radius 3 is 2.66 bits per heavy atom. The predicted octanol–water partition coefficient (Wildman–Crippen LogP) is 3.59. The number of carbonyl (C=O) groups is 1. The lowest BCUT2D eigenvalue weighted by Gasteiger charge is -2.30. The molecule has 1 amide bonds. The quantitative estimate of drug-likeness (QED) is 0.696. The molecule has 0 unspecified atom stereocenters. The number of hydrogen-bond donors (Lipinski definition) is 1. The summed E-state index contributed by atoms with van der Waals surface area (Å²) < 4.78 is 7.49. The number of carbonyl (C=O) groups excluding carboxylic acids is 1. The highest BCUT2D eigenvalue weighted by molar-refractivity contribution is 5.85. The first-order valence-electron chi connectivity index (χ1n) is 10.2. The second-order valence-corrected chi connectivity index (χ2v) is 8.13. The molecule has 0 radical (unpaired) electrons. The molecule has 1 saturated carbocycles. The molecule has 1 aliphatic rings. The SMILES string of the molecule is Cc1cc(C)c2c(OCC(=O)NCC3(c4ccccc4)CCCC3)nn(C)c2n1. The van der Waals surface area contributed by atoms with Gasteiger partial charge in [0.1, 0.15) is 0 Å². The van der Waals surface area contributed by atoms with Gasteiger partial charge in [-0.1, -0.05) is 43.2 Å². The first-order chi connectivity index (χ1) is 14.0. The first-order valence-corrected chi connectivity index (χ1v) is 10.2. The summed E-state index contributed by atoms with van der Waals surface area (Å²) in [6, 6.07) is 12.5. The third kappa shape index (κ3) is 3.84. The van der Waals surface area contributed by atoms with Crippen molar-refractivity contribution in [2.24, 2.45) is 7.05 Å². The highest BCUT2D eigenvalue weighted by Crippen LogP contribution is 2.40. The third-order valence-electron chi connectivity index (χ3n) is 6.00. The molecule has 152 valence electrons. The van der Waals surface area contributed by atoms with Crippen LogP contribution in [0.15, 0.2) is 36.4 Å². The Morgan fingerprint density at radius 2 is 1.93 bits per heavy atom. The van der Waals surface area contributed by atoms with Crippen molar-refractivity contribution in [2.75, 3.05) is 13.2 Å². The normalized spacial score (nSPS) is 15.6. The number of nitrogens with zero attached hydrogens (tertiary/aromatic N) is 3. The highest BCUT2D eigenvalue weighted by atomic mass is 16.5. The standard InChI is InChI=1S/C23H28N4O2/c1-16-13-17(2)25-21-20(16)22(26-27(21)3)29-14-19(28)24-15-23(11-7-8-12-23)18-9-5-4-6-10-18/h4-6,9-10,13H,7-8,11-12,14-15H2,1-3H3,(H,24,28). The molecule has 1 aromatic carbocycles. The number of nitrogens with one attached hydrogen (secondary N) is 1. The number of hydrogen-bond acceptors (Lipinski definition) is 4. The topological polar surface area (TPSA) is 69.0 Å². The first kappa shape index (κ1) is 19.4. The number of aromatic nitrogens is 3. The average Bonchev–Trinajstić information content (AvgIpc) is 3.31. The average molecular weight is 393 g/mol. The molecule has 0 spiro atoms. The molecule has 4 rings (SSSR count). The molecule has 6 nitrogen and oxygen atoms in total. The van der Waals surface area contributed by atoms with Crippen LogP contribution in [0.1, 0.15) is 42.5 Å². The van der Waals surface area contributed by atoms with Gasteiger partial charge < -0.3 is 10.1 Å². The van der Waals surface area contributed by atoms with Crippen LogP contribution < -0.4 is 10.1 Å². The van der Waals surface area contributed by atoms with Crippen molar-refractivity contribution >= 4 is 16.9 Å². The van der Waals surface area contributed by atoms with Crippen LogP contribution in [-0.4, -0.2) is 33.8 Å². The molecule has 1 aliphatic carbocycles. The zero-order valence-electron chi connectivity index (χ0n) is 17.4. The molecule has 1 fully saturated rings. The molecule has 3 aromatic rings. The van der Waals surface area contributed by atoms with Gasteiger partial charge in [-0.05, 0) is 43.9 Å². The van der Waals surface area contributed by atoms with E-state index in [2.05, 4.69) is 39.7 Å². The van der Waals surface area contributed by atoms with Gasteiger partial charge in [0, 0.05) is 24.7 Å². The second kappa shape index (κ2) is 7.85. The van der Waals surface area contributed by atoms with E-state index < -0.39 is 0 Å². The van der Waals surface area contributed by atoms with Crippen LogP contribution in [0.2, 0.25) is 0 Å². The lowest BCUT2D eigenvalue weighted by molar-refractivity contribution is -0.123. The van der Waals surface area contributed by atoms with Crippen LogP contribution in [0.4, 0.5) is 0 Å². The van der Waals surface area contributed by atoms with Crippen LogP contribution in [0.25, 0.3) is 11.0 Å². The van der Waals surface area contributed by atoms with Crippen LogP contribution in [0, 0.1) is 13.8 Å². The molecule has 6 heteroatoms. The number of fused-ring (bicyclic) bond motifs is 1. The van der Waals surface area contributed by atoms with E-state index in [1.54, 1.807) is 4.68 Å². The van der Waals surface area contributed by atoms with Crippen molar-refractivity contribution in [3.63, 3.8) is 0 Å². The predicted molar refractivity (Wildman–Crippen MR) is 113 cm³/mol. The molecule has 29 heavy (non-hydrogen) atoms.